The van der Waals surface area contributed by atoms with E-state index < -0.39 is 24.0 Å². The summed E-state index contributed by atoms with van der Waals surface area (Å²) in [7, 11) is 3.26. The average molecular weight is 422 g/mol. The average Bonchev–Trinajstić information content (AvgIpc) is 3.29. The van der Waals surface area contributed by atoms with Crippen molar-refractivity contribution in [2.24, 2.45) is 10.3 Å². The molecule has 1 amide bonds. The molecule has 1 aliphatic heterocycles. The number of hydrogen-bond donors (Lipinski definition) is 0. The molecule has 12 heteroatoms. The van der Waals surface area contributed by atoms with E-state index in [1.54, 1.807) is 32.1 Å². The summed E-state index contributed by atoms with van der Waals surface area (Å²) in [6.45, 7) is 2.51. The van der Waals surface area contributed by atoms with Crippen LogP contribution in [0.5, 0.6) is 0 Å². The summed E-state index contributed by atoms with van der Waals surface area (Å²) in [6, 6.07) is 4.29. The quantitative estimate of drug-likeness (QED) is 0.383. The molecule has 2 aromatic rings. The molecule has 154 valence electrons. The van der Waals surface area contributed by atoms with Crippen molar-refractivity contribution >= 4 is 29.1 Å². The van der Waals surface area contributed by atoms with Gasteiger partial charge in [0.1, 0.15) is 11.9 Å². The largest absolute Gasteiger partial charge is 0.461 e. The fourth-order valence-corrected chi connectivity index (χ4v) is 3.53. The molecule has 29 heavy (non-hydrogen) atoms. The van der Waals surface area contributed by atoms with Crippen LogP contribution in [0.1, 0.15) is 16.7 Å². The van der Waals surface area contributed by atoms with Gasteiger partial charge in [0.05, 0.1) is 32.4 Å². The number of anilines is 1. The number of benzene rings is 1. The number of nitrogens with zero attached hydrogens (tertiary/aromatic N) is 6. The molecular formula is C17H19FN6O4S. The highest BCUT2D eigenvalue weighted by Gasteiger charge is 2.33. The molecule has 1 aromatic carbocycles. The number of cyclic esters (lactones) is 1. The second-order valence-corrected chi connectivity index (χ2v) is 7.02. The zero-order valence-electron chi connectivity index (χ0n) is 16.0. The molecule has 1 aliphatic rings. The molecule has 2 heterocycles. The molecule has 0 saturated carbocycles. The zero-order chi connectivity index (χ0) is 21.0. The summed E-state index contributed by atoms with van der Waals surface area (Å²) >= 11 is 0.932. The highest BCUT2D eigenvalue weighted by atomic mass is 32.1. The van der Waals surface area contributed by atoms with Crippen molar-refractivity contribution in [3.8, 4) is 10.6 Å². The van der Waals surface area contributed by atoms with E-state index in [2.05, 4.69) is 20.5 Å². The first-order chi connectivity index (χ1) is 13.9. The van der Waals surface area contributed by atoms with Crippen molar-refractivity contribution in [2.45, 2.75) is 13.0 Å². The van der Waals surface area contributed by atoms with E-state index in [0.29, 0.717) is 12.2 Å². The van der Waals surface area contributed by atoms with Crippen LogP contribution in [0.25, 0.3) is 10.6 Å². The molecule has 1 fully saturated rings. The van der Waals surface area contributed by atoms with Crippen molar-refractivity contribution in [1.29, 1.82) is 0 Å². The fourth-order valence-electron chi connectivity index (χ4n) is 2.76. The molecule has 10 nitrogen and oxygen atoms in total. The number of esters is 1. The monoisotopic (exact) mass is 422 g/mol. The Hall–Kier alpha value is -3.15. The Kier molecular flexibility index (Phi) is 6.32. The molecule has 1 aromatic heterocycles. The first kappa shape index (κ1) is 20.6. The zero-order valence-corrected chi connectivity index (χ0v) is 16.8. The van der Waals surface area contributed by atoms with Gasteiger partial charge >= 0.3 is 12.1 Å². The number of halogens is 1. The van der Waals surface area contributed by atoms with E-state index >= 15 is 0 Å². The minimum Gasteiger partial charge on any atom is -0.461 e. The van der Waals surface area contributed by atoms with Gasteiger partial charge in [-0.05, 0) is 25.1 Å². The third-order valence-electron chi connectivity index (χ3n) is 3.95. The number of rotatable bonds is 7. The van der Waals surface area contributed by atoms with E-state index in [1.165, 1.54) is 17.0 Å². The van der Waals surface area contributed by atoms with Gasteiger partial charge in [-0.25, -0.2) is 14.0 Å². The lowest BCUT2D eigenvalue weighted by molar-refractivity contribution is 0.0525. The predicted octanol–water partition coefficient (Wildman–Crippen LogP) is 2.77. The van der Waals surface area contributed by atoms with E-state index in [1.807, 2.05) is 0 Å². The number of carbonyl (C=O) groups excluding carboxylic acids is 2. The van der Waals surface area contributed by atoms with E-state index in [0.717, 1.165) is 11.3 Å². The molecule has 0 spiro atoms. The number of ether oxygens (including phenoxy) is 2. The van der Waals surface area contributed by atoms with E-state index in [9.17, 15) is 14.0 Å². The summed E-state index contributed by atoms with van der Waals surface area (Å²) in [5.41, 5.74) is 0.530. The Morgan fingerprint density at radius 1 is 1.48 bits per heavy atom. The summed E-state index contributed by atoms with van der Waals surface area (Å²) < 4.78 is 24.9. The fraction of sp³-hybridized carbons (Fsp3) is 0.412. The Morgan fingerprint density at radius 2 is 2.28 bits per heavy atom. The van der Waals surface area contributed by atoms with Gasteiger partial charge in [-0.2, -0.15) is 5.11 Å². The van der Waals surface area contributed by atoms with Gasteiger partial charge < -0.3 is 9.47 Å². The smallest absolute Gasteiger partial charge is 0.414 e. The third-order valence-corrected chi connectivity index (χ3v) is 4.89. The predicted molar refractivity (Wildman–Crippen MR) is 102 cm³/mol. The number of carbonyl (C=O) groups is 2. The van der Waals surface area contributed by atoms with Crippen LogP contribution in [0.4, 0.5) is 14.9 Å². The molecule has 0 aliphatic carbocycles. The van der Waals surface area contributed by atoms with Crippen LogP contribution in [0.2, 0.25) is 0 Å². The number of aromatic nitrogens is 2. The Bertz CT molecular complexity index is 936. The topological polar surface area (TPSA) is 110 Å². The summed E-state index contributed by atoms with van der Waals surface area (Å²) in [5, 5.41) is 16.9. The molecule has 1 saturated heterocycles. The van der Waals surface area contributed by atoms with Gasteiger partial charge in [-0.15, -0.1) is 10.2 Å². The van der Waals surface area contributed by atoms with Crippen LogP contribution >= 0.6 is 11.3 Å². The van der Waals surface area contributed by atoms with E-state index in [4.69, 9.17) is 9.47 Å². The Balaban J connectivity index is 1.74. The number of amides is 1. The van der Waals surface area contributed by atoms with Crippen molar-refractivity contribution in [1.82, 2.24) is 15.2 Å². The van der Waals surface area contributed by atoms with Crippen LogP contribution in [0, 0.1) is 5.82 Å². The van der Waals surface area contributed by atoms with Crippen LogP contribution < -0.4 is 4.90 Å². The first-order valence-corrected chi connectivity index (χ1v) is 9.54. The lowest BCUT2D eigenvalue weighted by Gasteiger charge is -2.16. The summed E-state index contributed by atoms with van der Waals surface area (Å²) in [6.07, 6.45) is -0.986. The van der Waals surface area contributed by atoms with Crippen molar-refractivity contribution in [2.75, 3.05) is 38.7 Å². The molecular weight excluding hydrogens is 403 g/mol. The maximum absolute atomic E-state index is 14.7. The van der Waals surface area contributed by atoms with Gasteiger partial charge in [0.2, 0.25) is 5.01 Å². The van der Waals surface area contributed by atoms with Crippen molar-refractivity contribution in [3.05, 3.63) is 29.0 Å². The van der Waals surface area contributed by atoms with Gasteiger partial charge in [0.15, 0.2) is 5.01 Å². The molecule has 3 rings (SSSR count). The second-order valence-electron chi connectivity index (χ2n) is 6.04. The van der Waals surface area contributed by atoms with Gasteiger partial charge in [-0.1, -0.05) is 16.6 Å². The molecule has 1 atom stereocenters. The van der Waals surface area contributed by atoms with E-state index in [-0.39, 0.29) is 28.7 Å². The number of likely N-dealkylation sites (N-methyl/N-ethyl adjacent to an activating group) is 1. The summed E-state index contributed by atoms with van der Waals surface area (Å²) in [5.74, 6) is -1.20. The van der Waals surface area contributed by atoms with Crippen molar-refractivity contribution < 1.29 is 23.5 Å². The third kappa shape index (κ3) is 4.65. The summed E-state index contributed by atoms with van der Waals surface area (Å²) in [4.78, 5) is 25.2. The maximum Gasteiger partial charge on any atom is 0.414 e. The highest BCUT2D eigenvalue weighted by Crippen LogP contribution is 2.31. The minimum absolute atomic E-state index is 0.0460. The minimum atomic E-state index is -0.605. The Labute approximate surface area is 169 Å². The SMILES string of the molecule is CCOC(=O)c1nnc(-c2ccc(N3CC(CN(C)N=NC)OC3=O)cc2F)s1. The lowest BCUT2D eigenvalue weighted by atomic mass is 10.2. The van der Waals surface area contributed by atoms with Crippen LogP contribution in [0.3, 0.4) is 0 Å². The lowest BCUT2D eigenvalue weighted by Crippen LogP contribution is -2.29. The Morgan fingerprint density at radius 3 is 2.97 bits per heavy atom. The molecule has 0 bridgehead atoms. The number of hydrogen-bond acceptors (Lipinski definition) is 9. The van der Waals surface area contributed by atoms with Gasteiger partial charge in [0.25, 0.3) is 0 Å². The van der Waals surface area contributed by atoms with Crippen LogP contribution in [-0.2, 0) is 9.47 Å². The normalized spacial score (nSPS) is 16.3. The van der Waals surface area contributed by atoms with Crippen LogP contribution in [-0.4, -0.2) is 67.2 Å². The van der Waals surface area contributed by atoms with Gasteiger partial charge in [-0.3, -0.25) is 9.91 Å². The molecule has 0 N–H and O–H groups in total. The van der Waals surface area contributed by atoms with Crippen molar-refractivity contribution in [3.63, 3.8) is 0 Å². The second kappa shape index (κ2) is 8.90. The molecule has 1 unspecified atom stereocenters. The molecule has 0 radical (unpaired) electrons. The van der Waals surface area contributed by atoms with Gasteiger partial charge in [0, 0.05) is 12.6 Å². The first-order valence-electron chi connectivity index (χ1n) is 8.72. The van der Waals surface area contributed by atoms with Crippen LogP contribution in [0.15, 0.2) is 28.5 Å². The standard InChI is InChI=1S/C17H19FN6O4S/c1-4-27-16(25)15-21-20-14(29-15)12-6-5-10(7-13(12)18)24-9-11(28-17(24)26)8-23(3)22-19-2/h5-7,11H,4,8-9H2,1-3H3. The maximum atomic E-state index is 14.7. The highest BCUT2D eigenvalue weighted by molar-refractivity contribution is 7.16.